The van der Waals surface area contributed by atoms with Crippen molar-refractivity contribution in [1.82, 2.24) is 10.6 Å². The van der Waals surface area contributed by atoms with Crippen molar-refractivity contribution in [3.8, 4) is 0 Å². The predicted octanol–water partition coefficient (Wildman–Crippen LogP) is 2.35. The molecule has 4 N–H and O–H groups in total. The van der Waals surface area contributed by atoms with Crippen molar-refractivity contribution in [2.45, 2.75) is 70.2 Å². The van der Waals surface area contributed by atoms with E-state index in [1.165, 1.54) is 12.1 Å². The third-order valence-electron chi connectivity index (χ3n) is 6.14. The molecule has 7 nitrogen and oxygen atoms in total. The molecule has 0 bridgehead atoms. The number of hydrogen-bond acceptors (Lipinski definition) is 4. The first kappa shape index (κ1) is 24.3. The van der Waals surface area contributed by atoms with Crippen molar-refractivity contribution < 1.29 is 18.0 Å². The van der Waals surface area contributed by atoms with Crippen LogP contribution in [0.4, 0.5) is 0 Å². The number of amides is 2. The van der Waals surface area contributed by atoms with Gasteiger partial charge >= 0.3 is 0 Å². The molecule has 0 aliphatic heterocycles. The molecular formula is C22H35N3O4S. The van der Waals surface area contributed by atoms with Crippen molar-refractivity contribution in [2.24, 2.45) is 22.9 Å². The highest BCUT2D eigenvalue weighted by molar-refractivity contribution is 7.89. The first-order chi connectivity index (χ1) is 14.1. The highest BCUT2D eigenvalue weighted by Crippen LogP contribution is 2.28. The zero-order valence-corrected chi connectivity index (χ0v) is 19.0. The summed E-state index contributed by atoms with van der Waals surface area (Å²) in [5, 5.41) is 11.0. The van der Waals surface area contributed by atoms with E-state index in [4.69, 9.17) is 5.14 Å². The number of carbonyl (C=O) groups is 2. The molecule has 1 aromatic rings. The number of rotatable bonds is 9. The van der Waals surface area contributed by atoms with E-state index in [2.05, 4.69) is 17.6 Å². The molecule has 1 aromatic carbocycles. The smallest absolute Gasteiger partial charge is 0.242 e. The monoisotopic (exact) mass is 437 g/mol. The van der Waals surface area contributed by atoms with Crippen LogP contribution < -0.4 is 15.8 Å². The molecule has 2 atom stereocenters. The van der Waals surface area contributed by atoms with Gasteiger partial charge < -0.3 is 10.6 Å². The molecule has 2 rings (SSSR count). The van der Waals surface area contributed by atoms with Crippen LogP contribution in [-0.2, 0) is 26.0 Å². The zero-order chi connectivity index (χ0) is 22.3. The van der Waals surface area contributed by atoms with Crippen LogP contribution in [0.3, 0.4) is 0 Å². The fraction of sp³-hybridized carbons (Fsp3) is 0.636. The van der Waals surface area contributed by atoms with E-state index >= 15 is 0 Å². The molecule has 1 fully saturated rings. The van der Waals surface area contributed by atoms with E-state index in [-0.39, 0.29) is 28.5 Å². The summed E-state index contributed by atoms with van der Waals surface area (Å²) in [6.07, 6.45) is 5.23. The molecule has 0 aromatic heterocycles. The Hall–Kier alpha value is -1.93. The summed E-state index contributed by atoms with van der Waals surface area (Å²) in [6, 6.07) is 5.74. The average molecular weight is 438 g/mol. The summed E-state index contributed by atoms with van der Waals surface area (Å²) in [4.78, 5) is 25.5. The van der Waals surface area contributed by atoms with Crippen molar-refractivity contribution in [3.63, 3.8) is 0 Å². The van der Waals surface area contributed by atoms with Crippen molar-refractivity contribution in [2.75, 3.05) is 6.54 Å². The fourth-order valence-electron chi connectivity index (χ4n) is 3.78. The number of sulfonamides is 1. The topological polar surface area (TPSA) is 118 Å². The Morgan fingerprint density at radius 2 is 1.73 bits per heavy atom. The van der Waals surface area contributed by atoms with Gasteiger partial charge in [-0.15, -0.1) is 0 Å². The SMILES string of the molecule is CC[C@@H](C)[C@H](NC(=O)C1CCC(C)CC1)C(=O)NCCc1ccc(S(N)(=O)=O)cc1. The van der Waals surface area contributed by atoms with Gasteiger partial charge in [-0.05, 0) is 61.6 Å². The maximum Gasteiger partial charge on any atom is 0.242 e. The summed E-state index contributed by atoms with van der Waals surface area (Å²) in [5.41, 5.74) is 0.892. The number of carbonyl (C=O) groups excluding carboxylic acids is 2. The van der Waals surface area contributed by atoms with Crippen LogP contribution in [-0.4, -0.2) is 32.8 Å². The third-order valence-corrected chi connectivity index (χ3v) is 7.07. The minimum absolute atomic E-state index is 0.00195. The molecule has 2 amide bonds. The average Bonchev–Trinajstić information content (AvgIpc) is 2.71. The van der Waals surface area contributed by atoms with Crippen LogP contribution in [0, 0.1) is 17.8 Å². The summed E-state index contributed by atoms with van der Waals surface area (Å²) < 4.78 is 22.6. The van der Waals surface area contributed by atoms with Crippen LogP contribution in [0.25, 0.3) is 0 Å². The molecule has 168 valence electrons. The molecule has 30 heavy (non-hydrogen) atoms. The molecule has 0 saturated heterocycles. The van der Waals surface area contributed by atoms with Crippen molar-refractivity contribution >= 4 is 21.8 Å². The van der Waals surface area contributed by atoms with Crippen LogP contribution in [0.15, 0.2) is 29.2 Å². The third kappa shape index (κ3) is 7.09. The lowest BCUT2D eigenvalue weighted by Crippen LogP contribution is -2.52. The molecule has 1 aliphatic carbocycles. The zero-order valence-electron chi connectivity index (χ0n) is 18.2. The van der Waals surface area contributed by atoms with Gasteiger partial charge in [0.2, 0.25) is 21.8 Å². The molecule has 1 saturated carbocycles. The molecule has 8 heteroatoms. The summed E-state index contributed by atoms with van der Waals surface area (Å²) in [5.74, 6) is 0.508. The Balaban J connectivity index is 1.89. The van der Waals surface area contributed by atoms with E-state index in [0.29, 0.717) is 18.9 Å². The Morgan fingerprint density at radius 1 is 1.13 bits per heavy atom. The first-order valence-corrected chi connectivity index (χ1v) is 12.4. The fourth-order valence-corrected chi connectivity index (χ4v) is 4.30. The molecule has 0 radical (unpaired) electrons. The van der Waals surface area contributed by atoms with E-state index in [1.807, 2.05) is 13.8 Å². The molecule has 0 spiro atoms. The van der Waals surface area contributed by atoms with E-state index in [1.54, 1.807) is 12.1 Å². The van der Waals surface area contributed by atoms with Gasteiger partial charge in [-0.25, -0.2) is 13.6 Å². The van der Waals surface area contributed by atoms with E-state index in [0.717, 1.165) is 37.7 Å². The molecule has 0 unspecified atom stereocenters. The highest BCUT2D eigenvalue weighted by Gasteiger charge is 2.30. The van der Waals surface area contributed by atoms with Crippen LogP contribution in [0.5, 0.6) is 0 Å². The second kappa shape index (κ2) is 10.9. The quantitative estimate of drug-likeness (QED) is 0.549. The van der Waals surface area contributed by atoms with Crippen molar-refractivity contribution in [1.29, 1.82) is 0 Å². The summed E-state index contributed by atoms with van der Waals surface area (Å²) >= 11 is 0. The van der Waals surface area contributed by atoms with Gasteiger partial charge in [-0.1, -0.05) is 39.3 Å². The van der Waals surface area contributed by atoms with Gasteiger partial charge in [0.1, 0.15) is 6.04 Å². The second-order valence-electron chi connectivity index (χ2n) is 8.56. The van der Waals surface area contributed by atoms with Crippen LogP contribution in [0.2, 0.25) is 0 Å². The second-order valence-corrected chi connectivity index (χ2v) is 10.1. The lowest BCUT2D eigenvalue weighted by atomic mass is 9.82. The number of nitrogens with two attached hydrogens (primary N) is 1. The normalized spacial score (nSPS) is 21.5. The molecule has 1 aliphatic rings. The van der Waals surface area contributed by atoms with Gasteiger partial charge in [0.15, 0.2) is 0 Å². The van der Waals surface area contributed by atoms with Gasteiger partial charge in [-0.2, -0.15) is 0 Å². The number of hydrogen-bond donors (Lipinski definition) is 3. The first-order valence-electron chi connectivity index (χ1n) is 10.8. The van der Waals surface area contributed by atoms with Gasteiger partial charge in [0.05, 0.1) is 4.90 Å². The van der Waals surface area contributed by atoms with Crippen LogP contribution >= 0.6 is 0 Å². The maximum atomic E-state index is 12.8. The van der Waals surface area contributed by atoms with E-state index in [9.17, 15) is 18.0 Å². The summed E-state index contributed by atoms with van der Waals surface area (Å²) in [7, 11) is -3.71. The minimum atomic E-state index is -3.71. The predicted molar refractivity (Wildman–Crippen MR) is 117 cm³/mol. The summed E-state index contributed by atoms with van der Waals surface area (Å²) in [6.45, 7) is 6.59. The molecular weight excluding hydrogens is 402 g/mol. The number of benzene rings is 1. The standard InChI is InChI=1S/C22H35N3O4S/c1-4-16(3)20(25-21(26)18-9-5-15(2)6-10-18)22(27)24-14-13-17-7-11-19(12-8-17)30(23,28)29/h7-8,11-12,15-16,18,20H,4-6,9-10,13-14H2,1-3H3,(H,24,27)(H,25,26)(H2,23,28,29)/t15?,16-,18?,20+/m1/s1. The van der Waals surface area contributed by atoms with E-state index < -0.39 is 16.1 Å². The van der Waals surface area contributed by atoms with Gasteiger partial charge in [0.25, 0.3) is 0 Å². The molecule has 0 heterocycles. The maximum absolute atomic E-state index is 12.8. The Morgan fingerprint density at radius 3 is 2.27 bits per heavy atom. The Labute approximate surface area is 180 Å². The Bertz CT molecular complexity index is 815. The number of nitrogens with one attached hydrogen (secondary N) is 2. The number of primary sulfonamides is 1. The Kier molecular flexibility index (Phi) is 8.85. The van der Waals surface area contributed by atoms with Gasteiger partial charge in [0, 0.05) is 12.5 Å². The largest absolute Gasteiger partial charge is 0.354 e. The minimum Gasteiger partial charge on any atom is -0.354 e. The lowest BCUT2D eigenvalue weighted by Gasteiger charge is -2.29. The van der Waals surface area contributed by atoms with Gasteiger partial charge in [-0.3, -0.25) is 9.59 Å². The lowest BCUT2D eigenvalue weighted by molar-refractivity contribution is -0.133. The van der Waals surface area contributed by atoms with Crippen LogP contribution in [0.1, 0.15) is 58.4 Å². The van der Waals surface area contributed by atoms with Crippen molar-refractivity contribution in [3.05, 3.63) is 29.8 Å². The highest BCUT2D eigenvalue weighted by atomic mass is 32.2.